The van der Waals surface area contributed by atoms with Gasteiger partial charge in [-0.25, -0.2) is 13.1 Å². The molecule has 1 amide bonds. The van der Waals surface area contributed by atoms with Crippen LogP contribution in [0.25, 0.3) is 0 Å². The third kappa shape index (κ3) is 5.18. The van der Waals surface area contributed by atoms with Gasteiger partial charge in [-0.1, -0.05) is 19.1 Å². The topological polar surface area (TPSA) is 101 Å². The first-order valence-electron chi connectivity index (χ1n) is 6.46. The van der Waals surface area contributed by atoms with Gasteiger partial charge in [0.05, 0.1) is 11.7 Å². The zero-order valence-electron chi connectivity index (χ0n) is 11.7. The minimum absolute atomic E-state index is 0.0841. The highest BCUT2D eigenvalue weighted by Crippen LogP contribution is 2.17. The first-order valence-corrected chi connectivity index (χ1v) is 8.11. The van der Waals surface area contributed by atoms with Gasteiger partial charge in [-0.3, -0.25) is 4.79 Å². The summed E-state index contributed by atoms with van der Waals surface area (Å²) < 4.78 is 25.2. The second-order valence-corrected chi connectivity index (χ2v) is 6.43. The third-order valence-electron chi connectivity index (χ3n) is 2.84. The minimum atomic E-state index is -3.31. The van der Waals surface area contributed by atoms with Crippen molar-refractivity contribution >= 4 is 21.6 Å². The lowest BCUT2D eigenvalue weighted by Crippen LogP contribution is -2.36. The van der Waals surface area contributed by atoms with Crippen molar-refractivity contribution in [3.63, 3.8) is 0 Å². The normalized spacial score (nSPS) is 12.9. The fourth-order valence-corrected chi connectivity index (χ4v) is 2.69. The maximum absolute atomic E-state index is 11.9. The summed E-state index contributed by atoms with van der Waals surface area (Å²) in [6, 6.07) is 7.08. The van der Waals surface area contributed by atoms with Crippen LogP contribution in [0.2, 0.25) is 0 Å². The van der Waals surface area contributed by atoms with Gasteiger partial charge in [0.1, 0.15) is 0 Å². The third-order valence-corrected chi connectivity index (χ3v) is 4.31. The Morgan fingerprint density at radius 3 is 2.70 bits per heavy atom. The van der Waals surface area contributed by atoms with Crippen LogP contribution in [0.4, 0.5) is 5.69 Å². The van der Waals surface area contributed by atoms with Crippen LogP contribution in [0.3, 0.4) is 0 Å². The molecule has 112 valence electrons. The summed E-state index contributed by atoms with van der Waals surface area (Å²) >= 11 is 0. The number of sulfonamides is 1. The molecule has 0 spiro atoms. The standard InChI is InChI=1S/C13H21N3O3S/c1-3-16-20(18,19)8-7-15-13(17)10(2)11-5-4-6-12(14)9-11/h4-6,9-10,16H,3,7-8,14H2,1-2H3,(H,15,17). The van der Waals surface area contributed by atoms with E-state index in [0.29, 0.717) is 12.2 Å². The molecular weight excluding hydrogens is 278 g/mol. The summed E-state index contributed by atoms with van der Waals surface area (Å²) in [4.78, 5) is 11.9. The van der Waals surface area contributed by atoms with E-state index in [1.807, 2.05) is 6.07 Å². The van der Waals surface area contributed by atoms with Gasteiger partial charge in [-0.05, 0) is 24.6 Å². The van der Waals surface area contributed by atoms with Crippen LogP contribution in [-0.4, -0.2) is 33.2 Å². The quantitative estimate of drug-likeness (QED) is 0.635. The molecule has 1 rings (SSSR count). The molecule has 20 heavy (non-hydrogen) atoms. The molecule has 1 atom stereocenters. The monoisotopic (exact) mass is 299 g/mol. The van der Waals surface area contributed by atoms with Gasteiger partial charge in [0.25, 0.3) is 0 Å². The van der Waals surface area contributed by atoms with Gasteiger partial charge in [0.2, 0.25) is 15.9 Å². The van der Waals surface area contributed by atoms with Gasteiger partial charge >= 0.3 is 0 Å². The summed E-state index contributed by atoms with van der Waals surface area (Å²) in [7, 11) is -3.31. The Morgan fingerprint density at radius 2 is 2.10 bits per heavy atom. The van der Waals surface area contributed by atoms with E-state index in [2.05, 4.69) is 10.0 Å². The number of carbonyl (C=O) groups is 1. The fraction of sp³-hybridized carbons (Fsp3) is 0.462. The highest BCUT2D eigenvalue weighted by atomic mass is 32.2. The second kappa shape index (κ2) is 7.25. The van der Waals surface area contributed by atoms with E-state index in [4.69, 9.17) is 5.73 Å². The van der Waals surface area contributed by atoms with Crippen LogP contribution in [0.1, 0.15) is 25.3 Å². The molecule has 0 saturated heterocycles. The number of hydrogen-bond acceptors (Lipinski definition) is 4. The number of anilines is 1. The van der Waals surface area contributed by atoms with Crippen molar-refractivity contribution in [3.05, 3.63) is 29.8 Å². The van der Waals surface area contributed by atoms with Crippen molar-refractivity contribution in [2.24, 2.45) is 0 Å². The number of amides is 1. The highest BCUT2D eigenvalue weighted by Gasteiger charge is 2.16. The van der Waals surface area contributed by atoms with E-state index >= 15 is 0 Å². The first-order chi connectivity index (χ1) is 9.35. The average molecular weight is 299 g/mol. The van der Waals surface area contributed by atoms with Crippen LogP contribution >= 0.6 is 0 Å². The molecule has 4 N–H and O–H groups in total. The van der Waals surface area contributed by atoms with Crippen molar-refractivity contribution in [3.8, 4) is 0 Å². The zero-order valence-corrected chi connectivity index (χ0v) is 12.5. The number of benzene rings is 1. The number of rotatable bonds is 7. The maximum atomic E-state index is 11.9. The van der Waals surface area contributed by atoms with E-state index < -0.39 is 10.0 Å². The van der Waals surface area contributed by atoms with Gasteiger partial charge < -0.3 is 11.1 Å². The molecule has 1 aromatic carbocycles. The molecule has 1 aromatic rings. The predicted molar refractivity (Wildman–Crippen MR) is 79.7 cm³/mol. The Bertz CT molecular complexity index is 558. The molecule has 0 aliphatic rings. The molecule has 0 fully saturated rings. The predicted octanol–water partition coefficient (Wildman–Crippen LogP) is 0.428. The lowest BCUT2D eigenvalue weighted by Gasteiger charge is -2.13. The molecule has 6 nitrogen and oxygen atoms in total. The van der Waals surface area contributed by atoms with Crippen LogP contribution in [0, 0.1) is 0 Å². The largest absolute Gasteiger partial charge is 0.399 e. The molecule has 0 aliphatic carbocycles. The van der Waals surface area contributed by atoms with Crippen molar-refractivity contribution in [2.75, 3.05) is 24.6 Å². The molecule has 1 unspecified atom stereocenters. The fourth-order valence-electron chi connectivity index (χ4n) is 1.73. The summed E-state index contributed by atoms with van der Waals surface area (Å²) in [6.07, 6.45) is 0. The van der Waals surface area contributed by atoms with E-state index in [-0.39, 0.29) is 24.1 Å². The first kappa shape index (κ1) is 16.5. The molecular formula is C13H21N3O3S. The maximum Gasteiger partial charge on any atom is 0.227 e. The van der Waals surface area contributed by atoms with Crippen molar-refractivity contribution in [2.45, 2.75) is 19.8 Å². The Morgan fingerprint density at radius 1 is 1.40 bits per heavy atom. The number of nitrogen functional groups attached to an aromatic ring is 1. The Balaban J connectivity index is 2.51. The smallest absolute Gasteiger partial charge is 0.227 e. The van der Waals surface area contributed by atoms with Gasteiger partial charge in [0.15, 0.2) is 0 Å². The minimum Gasteiger partial charge on any atom is -0.399 e. The number of nitrogens with one attached hydrogen (secondary N) is 2. The molecule has 0 saturated carbocycles. The highest BCUT2D eigenvalue weighted by molar-refractivity contribution is 7.89. The summed E-state index contributed by atoms with van der Waals surface area (Å²) in [6.45, 7) is 3.89. The summed E-state index contributed by atoms with van der Waals surface area (Å²) in [5.41, 5.74) is 7.06. The summed E-state index contributed by atoms with van der Waals surface area (Å²) in [5, 5.41) is 2.62. The number of nitrogens with two attached hydrogens (primary N) is 1. The summed E-state index contributed by atoms with van der Waals surface area (Å²) in [5.74, 6) is -0.724. The molecule has 7 heteroatoms. The Labute approximate surface area is 119 Å². The second-order valence-electron chi connectivity index (χ2n) is 4.50. The van der Waals surface area contributed by atoms with Crippen LogP contribution in [0.5, 0.6) is 0 Å². The Kier molecular flexibility index (Phi) is 5.97. The SMILES string of the molecule is CCNS(=O)(=O)CCNC(=O)C(C)c1cccc(N)c1. The van der Waals surface area contributed by atoms with Crippen LogP contribution in [0.15, 0.2) is 24.3 Å². The van der Waals surface area contributed by atoms with Gasteiger partial charge in [-0.2, -0.15) is 0 Å². The number of carbonyl (C=O) groups excluding carboxylic acids is 1. The zero-order chi connectivity index (χ0) is 15.2. The van der Waals surface area contributed by atoms with Crippen LogP contribution in [-0.2, 0) is 14.8 Å². The van der Waals surface area contributed by atoms with E-state index in [0.717, 1.165) is 5.56 Å². The molecule has 0 bridgehead atoms. The van der Waals surface area contributed by atoms with Crippen molar-refractivity contribution in [1.29, 1.82) is 0 Å². The molecule has 0 aromatic heterocycles. The van der Waals surface area contributed by atoms with E-state index in [9.17, 15) is 13.2 Å². The van der Waals surface area contributed by atoms with E-state index in [1.165, 1.54) is 0 Å². The number of hydrogen-bond donors (Lipinski definition) is 3. The van der Waals surface area contributed by atoms with Crippen molar-refractivity contribution in [1.82, 2.24) is 10.0 Å². The molecule has 0 radical (unpaired) electrons. The average Bonchev–Trinajstić information content (AvgIpc) is 2.37. The molecule has 0 aliphatic heterocycles. The van der Waals surface area contributed by atoms with Crippen molar-refractivity contribution < 1.29 is 13.2 Å². The van der Waals surface area contributed by atoms with Crippen LogP contribution < -0.4 is 15.8 Å². The van der Waals surface area contributed by atoms with Gasteiger partial charge in [-0.15, -0.1) is 0 Å². The lowest BCUT2D eigenvalue weighted by molar-refractivity contribution is -0.122. The lowest BCUT2D eigenvalue weighted by atomic mass is 10.00. The Hall–Kier alpha value is -1.60. The van der Waals surface area contributed by atoms with E-state index in [1.54, 1.807) is 32.0 Å². The molecule has 0 heterocycles. The van der Waals surface area contributed by atoms with Gasteiger partial charge in [0, 0.05) is 18.8 Å².